The predicted molar refractivity (Wildman–Crippen MR) is 81.0 cm³/mol. The minimum atomic E-state index is -0.326. The van der Waals surface area contributed by atoms with Gasteiger partial charge in [-0.05, 0) is 26.0 Å². The van der Waals surface area contributed by atoms with Crippen molar-refractivity contribution < 1.29 is 8.37 Å². The van der Waals surface area contributed by atoms with Gasteiger partial charge in [0.25, 0.3) is 0 Å². The average molecular weight is 319 g/mol. The Balaban J connectivity index is 2.08. The molecule has 0 aliphatic carbocycles. The third-order valence-electron chi connectivity index (χ3n) is 2.91. The summed E-state index contributed by atoms with van der Waals surface area (Å²) in [5, 5.41) is 7.79. The summed E-state index contributed by atoms with van der Waals surface area (Å²) in [6.45, 7) is 4.13. The zero-order valence-electron chi connectivity index (χ0n) is 12.0. The minimum absolute atomic E-state index is 0.231. The Labute approximate surface area is 130 Å². The van der Waals surface area contributed by atoms with Gasteiger partial charge in [-0.3, -0.25) is 17.9 Å². The highest BCUT2D eigenvalue weighted by molar-refractivity contribution is 7.90. The number of aryl methyl sites for hydroxylation is 1. The fraction of sp³-hybridized carbons (Fsp3) is 0.231. The van der Waals surface area contributed by atoms with Gasteiger partial charge in [0, 0.05) is 18.6 Å². The Morgan fingerprint density at radius 1 is 1.32 bits per heavy atom. The molecular weight excluding hydrogens is 306 g/mol. The van der Waals surface area contributed by atoms with Crippen LogP contribution < -0.4 is 9.74 Å². The second-order valence-electron chi connectivity index (χ2n) is 4.30. The van der Waals surface area contributed by atoms with E-state index >= 15 is 0 Å². The van der Waals surface area contributed by atoms with E-state index in [2.05, 4.69) is 15.2 Å². The molecule has 0 spiro atoms. The molecule has 114 valence electrons. The maximum absolute atomic E-state index is 12.5. The first-order valence-electron chi connectivity index (χ1n) is 6.57. The van der Waals surface area contributed by atoms with Gasteiger partial charge in [-0.2, -0.15) is 0 Å². The highest BCUT2D eigenvalue weighted by atomic mass is 32.2. The number of aromatic nitrogens is 5. The normalized spacial score (nSPS) is 11.0. The van der Waals surface area contributed by atoms with Crippen LogP contribution in [0.15, 0.2) is 35.5 Å². The van der Waals surface area contributed by atoms with Crippen molar-refractivity contribution in [2.45, 2.75) is 13.8 Å². The van der Waals surface area contributed by atoms with E-state index in [4.69, 9.17) is 8.37 Å². The molecule has 3 aromatic rings. The highest BCUT2D eigenvalue weighted by Gasteiger charge is 2.14. The van der Waals surface area contributed by atoms with Crippen molar-refractivity contribution >= 4 is 18.0 Å². The molecule has 8 nitrogen and oxygen atoms in total. The van der Waals surface area contributed by atoms with E-state index in [1.165, 1.54) is 4.57 Å². The fourth-order valence-corrected chi connectivity index (χ4v) is 2.25. The smallest absolute Gasteiger partial charge is 0.301 e. The van der Waals surface area contributed by atoms with Crippen molar-refractivity contribution in [3.05, 3.63) is 46.9 Å². The van der Waals surface area contributed by atoms with E-state index in [1.807, 2.05) is 6.92 Å². The zero-order chi connectivity index (χ0) is 15.5. The van der Waals surface area contributed by atoms with Gasteiger partial charge >= 0.3 is 5.56 Å². The van der Waals surface area contributed by atoms with E-state index in [-0.39, 0.29) is 11.2 Å². The van der Waals surface area contributed by atoms with Crippen LogP contribution in [0, 0.1) is 6.92 Å². The van der Waals surface area contributed by atoms with E-state index in [9.17, 15) is 4.79 Å². The maximum atomic E-state index is 12.5. The van der Waals surface area contributed by atoms with Crippen molar-refractivity contribution in [2.24, 2.45) is 0 Å². The molecule has 0 aromatic carbocycles. The number of pyridine rings is 1. The van der Waals surface area contributed by atoms with Crippen LogP contribution in [0.5, 0.6) is 5.75 Å². The molecule has 0 aliphatic heterocycles. The number of hydrogen-bond donors (Lipinski definition) is 0. The van der Waals surface area contributed by atoms with Gasteiger partial charge in [-0.1, -0.05) is 0 Å². The SMILES string of the molecule is CCOSOc1cccnc1-n1ccn2c(C)nnc2c1=O. The van der Waals surface area contributed by atoms with Crippen LogP contribution in [0.4, 0.5) is 0 Å². The summed E-state index contributed by atoms with van der Waals surface area (Å²) < 4.78 is 13.5. The highest BCUT2D eigenvalue weighted by Crippen LogP contribution is 2.23. The molecule has 22 heavy (non-hydrogen) atoms. The molecular formula is C13H13N5O3S. The lowest BCUT2D eigenvalue weighted by Gasteiger charge is -2.10. The van der Waals surface area contributed by atoms with E-state index in [0.717, 1.165) is 12.3 Å². The molecule has 3 rings (SSSR count). The Morgan fingerprint density at radius 2 is 2.18 bits per heavy atom. The summed E-state index contributed by atoms with van der Waals surface area (Å²) in [4.78, 5) is 16.7. The summed E-state index contributed by atoms with van der Waals surface area (Å²) in [6, 6.07) is 3.43. The number of nitrogens with zero attached hydrogens (tertiary/aromatic N) is 5. The quantitative estimate of drug-likeness (QED) is 0.521. The maximum Gasteiger partial charge on any atom is 0.301 e. The second-order valence-corrected chi connectivity index (χ2v) is 4.84. The molecule has 0 bridgehead atoms. The lowest BCUT2D eigenvalue weighted by Crippen LogP contribution is -2.21. The lowest BCUT2D eigenvalue weighted by molar-refractivity contribution is 0.369. The molecule has 0 aliphatic rings. The minimum Gasteiger partial charge on any atom is -0.396 e. The van der Waals surface area contributed by atoms with Gasteiger partial charge in [0.05, 0.1) is 6.61 Å². The first-order chi connectivity index (χ1) is 10.7. The van der Waals surface area contributed by atoms with Gasteiger partial charge in [0.15, 0.2) is 11.6 Å². The summed E-state index contributed by atoms with van der Waals surface area (Å²) in [6.07, 6.45) is 4.89. The van der Waals surface area contributed by atoms with Crippen LogP contribution in [-0.2, 0) is 4.18 Å². The van der Waals surface area contributed by atoms with Gasteiger partial charge < -0.3 is 4.18 Å². The van der Waals surface area contributed by atoms with Crippen LogP contribution in [0.3, 0.4) is 0 Å². The van der Waals surface area contributed by atoms with Crippen LogP contribution in [0.25, 0.3) is 11.5 Å². The topological polar surface area (TPSA) is 83.5 Å². The Bertz CT molecular complexity index is 860. The van der Waals surface area contributed by atoms with Crippen molar-refractivity contribution in [3.63, 3.8) is 0 Å². The molecule has 3 heterocycles. The van der Waals surface area contributed by atoms with Gasteiger partial charge in [0.1, 0.15) is 5.82 Å². The fourth-order valence-electron chi connectivity index (χ4n) is 1.91. The molecule has 0 amide bonds. The second kappa shape index (κ2) is 6.16. The van der Waals surface area contributed by atoms with Gasteiger partial charge in [-0.15, -0.1) is 10.2 Å². The van der Waals surface area contributed by atoms with Crippen LogP contribution >= 0.6 is 12.3 Å². The zero-order valence-corrected chi connectivity index (χ0v) is 12.8. The van der Waals surface area contributed by atoms with E-state index < -0.39 is 0 Å². The molecule has 9 heteroatoms. The van der Waals surface area contributed by atoms with Crippen molar-refractivity contribution in [1.82, 2.24) is 24.1 Å². The summed E-state index contributed by atoms with van der Waals surface area (Å²) in [7, 11) is 0. The van der Waals surface area contributed by atoms with Crippen LogP contribution in [-0.4, -0.2) is 30.8 Å². The van der Waals surface area contributed by atoms with Crippen LogP contribution in [0.2, 0.25) is 0 Å². The molecule has 3 aromatic heterocycles. The predicted octanol–water partition coefficient (Wildman–Crippen LogP) is 1.56. The molecule has 0 fully saturated rings. The monoisotopic (exact) mass is 319 g/mol. The molecule has 0 saturated carbocycles. The Morgan fingerprint density at radius 3 is 3.00 bits per heavy atom. The average Bonchev–Trinajstić information content (AvgIpc) is 2.91. The molecule has 0 radical (unpaired) electrons. The van der Waals surface area contributed by atoms with Gasteiger partial charge in [-0.25, -0.2) is 4.98 Å². The van der Waals surface area contributed by atoms with Crippen molar-refractivity contribution in [2.75, 3.05) is 6.61 Å². The van der Waals surface area contributed by atoms with Crippen molar-refractivity contribution in [1.29, 1.82) is 0 Å². The number of hydrogen-bond acceptors (Lipinski definition) is 7. The largest absolute Gasteiger partial charge is 0.396 e. The lowest BCUT2D eigenvalue weighted by atomic mass is 10.4. The van der Waals surface area contributed by atoms with Gasteiger partial charge in [0.2, 0.25) is 18.0 Å². The van der Waals surface area contributed by atoms with E-state index in [1.54, 1.807) is 42.0 Å². The third-order valence-corrected chi connectivity index (χ3v) is 3.49. The van der Waals surface area contributed by atoms with Crippen molar-refractivity contribution in [3.8, 4) is 11.6 Å². The molecule has 0 N–H and O–H groups in total. The molecule has 0 unspecified atom stereocenters. The molecule has 0 atom stereocenters. The standard InChI is InChI=1S/C13H13N5O3S/c1-3-20-22-21-10-5-4-6-14-11(10)18-8-7-17-9(2)15-16-12(17)13(18)19/h4-8H,3H2,1-2H3. The molecule has 0 saturated heterocycles. The first-order valence-corrected chi connectivity index (χ1v) is 7.23. The summed E-state index contributed by atoms with van der Waals surface area (Å²) in [5.41, 5.74) is -0.0953. The Hall–Kier alpha value is -2.39. The van der Waals surface area contributed by atoms with E-state index in [0.29, 0.717) is 24.0 Å². The number of fused-ring (bicyclic) bond motifs is 1. The van der Waals surface area contributed by atoms with Crippen LogP contribution in [0.1, 0.15) is 12.7 Å². The third kappa shape index (κ3) is 2.55. The summed E-state index contributed by atoms with van der Waals surface area (Å²) >= 11 is 0.840. The number of rotatable bonds is 5. The summed E-state index contributed by atoms with van der Waals surface area (Å²) in [5.74, 6) is 1.43. The Kier molecular flexibility index (Phi) is 4.07. The first kappa shape index (κ1) is 14.5.